The predicted molar refractivity (Wildman–Crippen MR) is 75.5 cm³/mol. The van der Waals surface area contributed by atoms with E-state index in [0.717, 1.165) is 0 Å². The van der Waals surface area contributed by atoms with E-state index in [1.54, 1.807) is 23.4 Å². The van der Waals surface area contributed by atoms with E-state index in [-0.39, 0.29) is 18.1 Å². The molecule has 4 heterocycles. The molecule has 1 amide bonds. The molecule has 0 saturated heterocycles. The molecule has 0 fully saturated rings. The van der Waals surface area contributed by atoms with Crippen LogP contribution in [0.1, 0.15) is 10.5 Å². The average molecular weight is 267 g/mol. The number of carbonyl (C=O) groups is 1. The molecule has 0 aromatic carbocycles. The van der Waals surface area contributed by atoms with Gasteiger partial charge < -0.3 is 14.8 Å². The van der Waals surface area contributed by atoms with Gasteiger partial charge in [-0.15, -0.1) is 0 Å². The van der Waals surface area contributed by atoms with Crippen molar-refractivity contribution in [1.82, 2.24) is 14.8 Å². The van der Waals surface area contributed by atoms with Crippen LogP contribution in [0.3, 0.4) is 0 Å². The third kappa shape index (κ3) is 1.54. The van der Waals surface area contributed by atoms with E-state index in [2.05, 4.69) is 21.0 Å². The molecular weight excluding hydrogens is 254 g/mol. The largest absolute Gasteiger partial charge is 0.357 e. The summed E-state index contributed by atoms with van der Waals surface area (Å²) in [6.45, 7) is 0.567. The van der Waals surface area contributed by atoms with Crippen molar-refractivity contribution < 1.29 is 4.79 Å². The fourth-order valence-electron chi connectivity index (χ4n) is 2.73. The maximum absolute atomic E-state index is 12.5. The number of hydrogen-bond donors (Lipinski definition) is 1. The second-order valence-corrected chi connectivity index (χ2v) is 4.83. The van der Waals surface area contributed by atoms with Gasteiger partial charge in [0.2, 0.25) is 5.96 Å². The van der Waals surface area contributed by atoms with Gasteiger partial charge in [0.05, 0.1) is 6.04 Å². The second kappa shape index (κ2) is 4.19. The monoisotopic (exact) mass is 267 g/mol. The number of amides is 1. The first kappa shape index (κ1) is 11.2. The maximum Gasteiger partial charge on any atom is 0.272 e. The molecule has 1 N–H and O–H groups in total. The van der Waals surface area contributed by atoms with Crippen molar-refractivity contribution in [3.8, 4) is 0 Å². The minimum atomic E-state index is -0.217. The molecule has 0 unspecified atom stereocenters. The van der Waals surface area contributed by atoms with Gasteiger partial charge in [0, 0.05) is 25.2 Å². The molecule has 3 aliphatic heterocycles. The Morgan fingerprint density at radius 3 is 3.25 bits per heavy atom. The van der Waals surface area contributed by atoms with E-state index in [1.807, 2.05) is 29.3 Å². The normalized spacial score (nSPS) is 26.5. The van der Waals surface area contributed by atoms with Gasteiger partial charge in [0.25, 0.3) is 5.91 Å². The predicted octanol–water partition coefficient (Wildman–Crippen LogP) is 0.991. The fraction of sp³-hybridized carbons (Fsp3) is 0.214. The number of rotatable bonds is 1. The van der Waals surface area contributed by atoms with Crippen molar-refractivity contribution in [3.63, 3.8) is 0 Å². The Hall–Kier alpha value is -2.63. The SMILES string of the molecule is O=C(c1ccc[nH]1)N1CC=C[C@H]2[C@@H]1N=C1N=CC=CN12. The summed E-state index contributed by atoms with van der Waals surface area (Å²) in [4.78, 5) is 28.1. The Morgan fingerprint density at radius 1 is 1.45 bits per heavy atom. The number of aliphatic imine (C=N–C) groups is 2. The molecule has 1 aromatic rings. The molecule has 0 radical (unpaired) electrons. The minimum absolute atomic E-state index is 0.0337. The highest BCUT2D eigenvalue weighted by Crippen LogP contribution is 2.28. The number of allylic oxidation sites excluding steroid dienone is 1. The Morgan fingerprint density at radius 2 is 2.40 bits per heavy atom. The van der Waals surface area contributed by atoms with E-state index < -0.39 is 0 Å². The van der Waals surface area contributed by atoms with Gasteiger partial charge in [-0.25, -0.2) is 9.98 Å². The third-order valence-electron chi connectivity index (χ3n) is 3.67. The van der Waals surface area contributed by atoms with Gasteiger partial charge in [-0.2, -0.15) is 0 Å². The van der Waals surface area contributed by atoms with E-state index >= 15 is 0 Å². The van der Waals surface area contributed by atoms with Gasteiger partial charge >= 0.3 is 0 Å². The highest BCUT2D eigenvalue weighted by atomic mass is 16.2. The smallest absolute Gasteiger partial charge is 0.272 e. The van der Waals surface area contributed by atoms with Crippen LogP contribution in [0.4, 0.5) is 0 Å². The van der Waals surface area contributed by atoms with Gasteiger partial charge in [-0.1, -0.05) is 12.2 Å². The number of fused-ring (bicyclic) bond motifs is 3. The van der Waals surface area contributed by atoms with E-state index in [0.29, 0.717) is 18.2 Å². The summed E-state index contributed by atoms with van der Waals surface area (Å²) in [6, 6.07) is 3.64. The molecule has 0 aliphatic carbocycles. The first-order valence-electron chi connectivity index (χ1n) is 6.52. The fourth-order valence-corrected chi connectivity index (χ4v) is 2.73. The van der Waals surface area contributed by atoms with Crippen molar-refractivity contribution in [2.45, 2.75) is 12.2 Å². The molecular formula is C14H13N5O. The summed E-state index contributed by atoms with van der Waals surface area (Å²) >= 11 is 0. The first-order chi connectivity index (χ1) is 9.84. The molecule has 4 rings (SSSR count). The minimum Gasteiger partial charge on any atom is -0.357 e. The first-order valence-corrected chi connectivity index (χ1v) is 6.52. The molecule has 0 spiro atoms. The van der Waals surface area contributed by atoms with Gasteiger partial charge in [-0.05, 0) is 18.2 Å². The quantitative estimate of drug-likeness (QED) is 0.771. The maximum atomic E-state index is 12.5. The van der Waals surface area contributed by atoms with Crippen molar-refractivity contribution in [2.75, 3.05) is 6.54 Å². The molecule has 20 heavy (non-hydrogen) atoms. The highest BCUT2D eigenvalue weighted by molar-refractivity contribution is 5.97. The Balaban J connectivity index is 1.68. The van der Waals surface area contributed by atoms with Crippen LogP contribution < -0.4 is 0 Å². The number of carbonyl (C=O) groups excluding carboxylic acids is 1. The molecule has 0 bridgehead atoms. The zero-order valence-electron chi connectivity index (χ0n) is 10.7. The standard InChI is InChI=1S/C14H13N5O/c20-13(10-4-1-6-15-10)19-8-2-5-11-12(19)17-14-16-7-3-9-18(11)14/h1-7,9,11-12,15H,8H2/t11-,12+/m0/s1. The molecule has 100 valence electrons. The Kier molecular flexibility index (Phi) is 2.35. The summed E-state index contributed by atoms with van der Waals surface area (Å²) in [7, 11) is 0. The number of H-pyrrole nitrogens is 1. The summed E-state index contributed by atoms with van der Waals surface area (Å²) in [5.41, 5.74) is 0.586. The number of hydrogen-bond acceptors (Lipinski definition) is 4. The lowest BCUT2D eigenvalue weighted by molar-refractivity contribution is 0.0665. The van der Waals surface area contributed by atoms with Crippen LogP contribution in [0.5, 0.6) is 0 Å². The van der Waals surface area contributed by atoms with Crippen LogP contribution in [-0.2, 0) is 0 Å². The molecule has 6 nitrogen and oxygen atoms in total. The number of aromatic nitrogens is 1. The molecule has 0 saturated carbocycles. The van der Waals surface area contributed by atoms with E-state index in [1.165, 1.54) is 0 Å². The Bertz CT molecular complexity index is 655. The van der Waals surface area contributed by atoms with Crippen LogP contribution in [0.15, 0.2) is 52.7 Å². The lowest BCUT2D eigenvalue weighted by atomic mass is 10.1. The lowest BCUT2D eigenvalue weighted by Gasteiger charge is -2.34. The van der Waals surface area contributed by atoms with Gasteiger partial charge in [0.15, 0.2) is 6.17 Å². The van der Waals surface area contributed by atoms with E-state index in [4.69, 9.17) is 0 Å². The number of nitrogens with zero attached hydrogens (tertiary/aromatic N) is 4. The van der Waals surface area contributed by atoms with Crippen LogP contribution in [0.2, 0.25) is 0 Å². The van der Waals surface area contributed by atoms with Gasteiger partial charge in [0.1, 0.15) is 5.69 Å². The zero-order chi connectivity index (χ0) is 13.5. The van der Waals surface area contributed by atoms with Crippen molar-refractivity contribution in [1.29, 1.82) is 0 Å². The molecule has 6 heteroatoms. The summed E-state index contributed by atoms with van der Waals surface area (Å²) in [5, 5.41) is 0. The summed E-state index contributed by atoms with van der Waals surface area (Å²) in [6.07, 6.45) is 11.2. The summed E-state index contributed by atoms with van der Waals surface area (Å²) in [5.74, 6) is 0.629. The van der Waals surface area contributed by atoms with Gasteiger partial charge in [-0.3, -0.25) is 4.79 Å². The van der Waals surface area contributed by atoms with Crippen LogP contribution >= 0.6 is 0 Å². The third-order valence-corrected chi connectivity index (χ3v) is 3.67. The zero-order valence-corrected chi connectivity index (χ0v) is 10.7. The van der Waals surface area contributed by atoms with Crippen molar-refractivity contribution >= 4 is 18.1 Å². The average Bonchev–Trinajstić information content (AvgIpc) is 3.13. The molecule has 3 aliphatic rings. The van der Waals surface area contributed by atoms with Crippen LogP contribution in [0.25, 0.3) is 0 Å². The molecule has 2 atom stereocenters. The Labute approximate surface area is 115 Å². The highest BCUT2D eigenvalue weighted by Gasteiger charge is 2.41. The number of aromatic amines is 1. The molecule has 1 aromatic heterocycles. The van der Waals surface area contributed by atoms with Crippen molar-refractivity contribution in [3.05, 3.63) is 48.5 Å². The van der Waals surface area contributed by atoms with E-state index in [9.17, 15) is 4.79 Å². The van der Waals surface area contributed by atoms with Crippen molar-refractivity contribution in [2.24, 2.45) is 9.98 Å². The number of nitrogens with one attached hydrogen (secondary N) is 1. The summed E-state index contributed by atoms with van der Waals surface area (Å²) < 4.78 is 0. The van der Waals surface area contributed by atoms with Crippen LogP contribution in [-0.4, -0.2) is 51.6 Å². The lowest BCUT2D eigenvalue weighted by Crippen LogP contribution is -2.49. The number of guanidine groups is 1. The second-order valence-electron chi connectivity index (χ2n) is 4.83. The van der Waals surface area contributed by atoms with Crippen LogP contribution in [0, 0.1) is 0 Å². The topological polar surface area (TPSA) is 64.1 Å².